The molecule has 9 heteroatoms. The summed E-state index contributed by atoms with van der Waals surface area (Å²) in [4.78, 5) is 23.8. The zero-order valence-corrected chi connectivity index (χ0v) is 14.9. The number of fused-ring (bicyclic) bond motifs is 1. The Morgan fingerprint density at radius 2 is 2.04 bits per heavy atom. The van der Waals surface area contributed by atoms with E-state index in [0.717, 1.165) is 0 Å². The van der Waals surface area contributed by atoms with Crippen molar-refractivity contribution in [3.8, 4) is 11.4 Å². The van der Waals surface area contributed by atoms with E-state index in [4.69, 9.17) is 5.73 Å². The maximum atomic E-state index is 14.1. The van der Waals surface area contributed by atoms with Crippen LogP contribution >= 0.6 is 0 Å². The Hall–Kier alpha value is -3.88. The average molecular weight is 377 g/mol. The van der Waals surface area contributed by atoms with Crippen molar-refractivity contribution in [3.05, 3.63) is 60.4 Å². The Labute approximate surface area is 159 Å². The Morgan fingerprint density at radius 3 is 2.86 bits per heavy atom. The van der Waals surface area contributed by atoms with Crippen LogP contribution in [0.25, 0.3) is 22.4 Å². The largest absolute Gasteiger partial charge is 0.368 e. The van der Waals surface area contributed by atoms with Crippen LogP contribution in [-0.2, 0) is 11.3 Å². The van der Waals surface area contributed by atoms with E-state index in [1.165, 1.54) is 10.7 Å². The first-order chi connectivity index (χ1) is 13.5. The molecular formula is C19H16FN7O. The van der Waals surface area contributed by atoms with Crippen LogP contribution in [0.5, 0.6) is 0 Å². The van der Waals surface area contributed by atoms with Gasteiger partial charge >= 0.3 is 0 Å². The van der Waals surface area contributed by atoms with E-state index in [1.54, 1.807) is 49.8 Å². The molecule has 0 saturated heterocycles. The van der Waals surface area contributed by atoms with E-state index in [1.807, 2.05) is 0 Å². The number of carbonyl (C=O) groups excluding carboxylic acids is 1. The second-order valence-electron chi connectivity index (χ2n) is 6.22. The van der Waals surface area contributed by atoms with E-state index in [9.17, 15) is 9.18 Å². The van der Waals surface area contributed by atoms with Crippen LogP contribution in [0.4, 0.5) is 15.8 Å². The van der Waals surface area contributed by atoms with Crippen LogP contribution in [0, 0.1) is 12.7 Å². The van der Waals surface area contributed by atoms with E-state index in [0.29, 0.717) is 33.8 Å². The number of aromatic nitrogens is 5. The number of aryl methyl sites for hydroxylation is 1. The summed E-state index contributed by atoms with van der Waals surface area (Å²) in [5.41, 5.74) is 9.10. The third-order valence-electron chi connectivity index (χ3n) is 4.04. The number of carbonyl (C=O) groups is 1. The van der Waals surface area contributed by atoms with Gasteiger partial charge in [-0.05, 0) is 37.3 Å². The minimum absolute atomic E-state index is 0.0342. The summed E-state index contributed by atoms with van der Waals surface area (Å²) in [5, 5.41) is 7.59. The van der Waals surface area contributed by atoms with E-state index in [2.05, 4.69) is 25.4 Å². The average Bonchev–Trinajstić information content (AvgIpc) is 3.07. The van der Waals surface area contributed by atoms with Crippen molar-refractivity contribution < 1.29 is 9.18 Å². The number of halogens is 1. The third kappa shape index (κ3) is 3.50. The highest BCUT2D eigenvalue weighted by molar-refractivity contribution is 5.89. The zero-order chi connectivity index (χ0) is 19.7. The van der Waals surface area contributed by atoms with Crippen LogP contribution in [0.1, 0.15) is 5.69 Å². The fraction of sp³-hybridized carbons (Fsp3) is 0.105. The minimum atomic E-state index is -0.492. The Morgan fingerprint density at radius 1 is 1.21 bits per heavy atom. The summed E-state index contributed by atoms with van der Waals surface area (Å²) in [6.45, 7) is 1.76. The maximum Gasteiger partial charge on any atom is 0.239 e. The van der Waals surface area contributed by atoms with Crippen molar-refractivity contribution in [2.24, 2.45) is 5.73 Å². The fourth-order valence-corrected chi connectivity index (χ4v) is 2.82. The molecule has 4 rings (SSSR count). The molecule has 4 aromatic heterocycles. The molecule has 0 spiro atoms. The number of nitrogens with one attached hydrogen (secondary N) is 1. The zero-order valence-electron chi connectivity index (χ0n) is 14.9. The predicted octanol–water partition coefficient (Wildman–Crippen LogP) is 2.56. The van der Waals surface area contributed by atoms with Gasteiger partial charge in [-0.1, -0.05) is 0 Å². The molecule has 0 radical (unpaired) electrons. The number of hydrogen-bond donors (Lipinski definition) is 2. The van der Waals surface area contributed by atoms with Crippen molar-refractivity contribution in [2.45, 2.75) is 13.5 Å². The first-order valence-corrected chi connectivity index (χ1v) is 8.46. The molecule has 0 saturated carbocycles. The van der Waals surface area contributed by atoms with Gasteiger partial charge in [-0.25, -0.2) is 9.37 Å². The Kier molecular flexibility index (Phi) is 4.40. The molecule has 0 fully saturated rings. The lowest BCUT2D eigenvalue weighted by molar-refractivity contribution is -0.118. The monoisotopic (exact) mass is 377 g/mol. The number of rotatable bonds is 5. The molecule has 1 amide bonds. The van der Waals surface area contributed by atoms with Crippen LogP contribution in [0.2, 0.25) is 0 Å². The molecule has 0 aliphatic heterocycles. The molecule has 140 valence electrons. The predicted molar refractivity (Wildman–Crippen MR) is 102 cm³/mol. The molecule has 0 aromatic carbocycles. The van der Waals surface area contributed by atoms with Crippen LogP contribution in [-0.4, -0.2) is 30.6 Å². The Balaban J connectivity index is 1.69. The minimum Gasteiger partial charge on any atom is -0.368 e. The lowest BCUT2D eigenvalue weighted by Gasteiger charge is -2.09. The highest BCUT2D eigenvalue weighted by Gasteiger charge is 2.12. The number of nitrogens with zero attached hydrogens (tertiary/aromatic N) is 5. The van der Waals surface area contributed by atoms with Crippen molar-refractivity contribution >= 4 is 28.3 Å². The van der Waals surface area contributed by atoms with Gasteiger partial charge in [-0.3, -0.25) is 19.4 Å². The van der Waals surface area contributed by atoms with Gasteiger partial charge in [0.25, 0.3) is 0 Å². The van der Waals surface area contributed by atoms with Gasteiger partial charge in [-0.15, -0.1) is 0 Å². The summed E-state index contributed by atoms with van der Waals surface area (Å²) in [6.07, 6.45) is 4.85. The van der Waals surface area contributed by atoms with Crippen molar-refractivity contribution in [2.75, 3.05) is 5.32 Å². The van der Waals surface area contributed by atoms with Gasteiger partial charge in [0.2, 0.25) is 5.91 Å². The van der Waals surface area contributed by atoms with E-state index in [-0.39, 0.29) is 12.2 Å². The molecular weight excluding hydrogens is 361 g/mol. The normalized spacial score (nSPS) is 10.9. The SMILES string of the molecule is Cc1ccc(F)c(-c2cc(Nc3ccnc4cn(CC(N)=O)nc34)ccn2)n1. The van der Waals surface area contributed by atoms with Crippen molar-refractivity contribution in [1.29, 1.82) is 0 Å². The van der Waals surface area contributed by atoms with Crippen LogP contribution < -0.4 is 11.1 Å². The summed E-state index contributed by atoms with van der Waals surface area (Å²) >= 11 is 0. The molecule has 0 bridgehead atoms. The molecule has 0 aliphatic rings. The number of nitrogens with two attached hydrogens (primary N) is 1. The molecule has 4 heterocycles. The molecule has 0 atom stereocenters. The smallest absolute Gasteiger partial charge is 0.239 e. The third-order valence-corrected chi connectivity index (χ3v) is 4.04. The molecule has 8 nitrogen and oxygen atoms in total. The number of primary amides is 1. The van der Waals surface area contributed by atoms with Crippen LogP contribution in [0.15, 0.2) is 48.9 Å². The number of pyridine rings is 3. The molecule has 3 N–H and O–H groups in total. The lowest BCUT2D eigenvalue weighted by Crippen LogP contribution is -2.18. The highest BCUT2D eigenvalue weighted by atomic mass is 19.1. The lowest BCUT2D eigenvalue weighted by atomic mass is 10.2. The Bertz CT molecular complexity index is 1190. The quantitative estimate of drug-likeness (QED) is 0.553. The molecule has 28 heavy (non-hydrogen) atoms. The summed E-state index contributed by atoms with van der Waals surface area (Å²) < 4.78 is 15.6. The maximum absolute atomic E-state index is 14.1. The van der Waals surface area contributed by atoms with Crippen LogP contribution in [0.3, 0.4) is 0 Å². The summed E-state index contributed by atoms with van der Waals surface area (Å²) in [5.74, 6) is -0.930. The molecule has 0 aliphatic carbocycles. The topological polar surface area (TPSA) is 112 Å². The van der Waals surface area contributed by atoms with Gasteiger partial charge in [0.1, 0.15) is 23.3 Å². The van der Waals surface area contributed by atoms with Gasteiger partial charge in [0, 0.05) is 23.8 Å². The number of amides is 1. The number of hydrogen-bond acceptors (Lipinski definition) is 6. The highest BCUT2D eigenvalue weighted by Crippen LogP contribution is 2.26. The van der Waals surface area contributed by atoms with Crippen molar-refractivity contribution in [1.82, 2.24) is 24.7 Å². The van der Waals surface area contributed by atoms with Crippen molar-refractivity contribution in [3.63, 3.8) is 0 Å². The molecule has 0 unspecified atom stereocenters. The van der Waals surface area contributed by atoms with Gasteiger partial charge < -0.3 is 11.1 Å². The van der Waals surface area contributed by atoms with Gasteiger partial charge in [-0.2, -0.15) is 5.10 Å². The van der Waals surface area contributed by atoms with E-state index < -0.39 is 11.7 Å². The summed E-state index contributed by atoms with van der Waals surface area (Å²) in [7, 11) is 0. The fourth-order valence-electron chi connectivity index (χ4n) is 2.82. The summed E-state index contributed by atoms with van der Waals surface area (Å²) in [6, 6.07) is 8.20. The van der Waals surface area contributed by atoms with E-state index >= 15 is 0 Å². The standard InChI is InChI=1S/C19H16FN7O/c1-11-2-3-13(20)18(24-11)15-8-12(4-6-22-15)25-14-5-7-23-16-9-27(10-17(21)28)26-19(14)16/h2-9H,10H2,1H3,(H2,21,28)(H,22,25). The van der Waals surface area contributed by atoms with Gasteiger partial charge in [0.05, 0.1) is 17.6 Å². The molecule has 4 aromatic rings. The first kappa shape index (κ1) is 17.5. The second kappa shape index (κ2) is 7.03. The van der Waals surface area contributed by atoms with Gasteiger partial charge in [0.15, 0.2) is 5.82 Å². The second-order valence-corrected chi connectivity index (χ2v) is 6.22. The first-order valence-electron chi connectivity index (χ1n) is 8.46. The number of anilines is 2.